The summed E-state index contributed by atoms with van der Waals surface area (Å²) in [6.07, 6.45) is 8.20. The van der Waals surface area contributed by atoms with Crippen LogP contribution in [0.2, 0.25) is 0 Å². The molecule has 0 aliphatic heterocycles. The molecule has 0 spiro atoms. The summed E-state index contributed by atoms with van der Waals surface area (Å²) in [5.74, 6) is 1.75. The van der Waals surface area contributed by atoms with E-state index in [-0.39, 0.29) is 0 Å². The molecule has 0 amide bonds. The first kappa shape index (κ1) is 15.3. The van der Waals surface area contributed by atoms with Crippen LogP contribution in [0.5, 0.6) is 5.75 Å². The molecule has 1 aromatic rings. The molecule has 1 aliphatic carbocycles. The van der Waals surface area contributed by atoms with Crippen LogP contribution >= 0.6 is 0 Å². The molecule has 3 nitrogen and oxygen atoms in total. The van der Waals surface area contributed by atoms with Gasteiger partial charge in [-0.25, -0.2) is 0 Å². The van der Waals surface area contributed by atoms with E-state index in [2.05, 4.69) is 17.2 Å². The smallest absolute Gasteiger partial charge is 0.122 e. The first-order valence-corrected chi connectivity index (χ1v) is 7.98. The van der Waals surface area contributed by atoms with E-state index in [4.69, 9.17) is 4.74 Å². The maximum atomic E-state index is 5.32. The third-order valence-corrected chi connectivity index (χ3v) is 4.42. The normalized spacial score (nSPS) is 17.9. The molecule has 1 aliphatic rings. The zero-order valence-electron chi connectivity index (χ0n) is 13.1. The lowest BCUT2D eigenvalue weighted by atomic mass is 9.83. The molecule has 0 radical (unpaired) electrons. The van der Waals surface area contributed by atoms with Gasteiger partial charge >= 0.3 is 0 Å². The maximum Gasteiger partial charge on any atom is 0.122 e. The minimum Gasteiger partial charge on any atom is -0.497 e. The number of nitrogens with zero attached hydrogens (tertiary/aromatic N) is 1. The molecule has 1 atom stereocenters. The van der Waals surface area contributed by atoms with Crippen molar-refractivity contribution in [2.45, 2.75) is 65.0 Å². The molecule has 20 heavy (non-hydrogen) atoms. The van der Waals surface area contributed by atoms with Crippen molar-refractivity contribution in [2.24, 2.45) is 5.92 Å². The molecular formula is C17H28N2O. The van der Waals surface area contributed by atoms with Gasteiger partial charge in [-0.2, -0.15) is 0 Å². The van der Waals surface area contributed by atoms with Crippen molar-refractivity contribution in [1.82, 2.24) is 10.3 Å². The molecular weight excluding hydrogens is 248 g/mol. The molecule has 1 aromatic heterocycles. The van der Waals surface area contributed by atoms with E-state index < -0.39 is 0 Å². The SMILES string of the molecule is CCC(NCc1cc(OC)cc(C)n1)C1CCCCC1. The summed E-state index contributed by atoms with van der Waals surface area (Å²) in [6.45, 7) is 5.15. The van der Waals surface area contributed by atoms with Crippen LogP contribution in [0.3, 0.4) is 0 Å². The summed E-state index contributed by atoms with van der Waals surface area (Å²) in [4.78, 5) is 4.59. The molecule has 0 saturated heterocycles. The van der Waals surface area contributed by atoms with E-state index in [0.29, 0.717) is 6.04 Å². The van der Waals surface area contributed by atoms with Crippen LogP contribution < -0.4 is 10.1 Å². The Labute approximate surface area is 123 Å². The average molecular weight is 276 g/mol. The van der Waals surface area contributed by atoms with E-state index in [1.165, 1.54) is 38.5 Å². The minimum atomic E-state index is 0.628. The van der Waals surface area contributed by atoms with Crippen LogP contribution in [0.4, 0.5) is 0 Å². The van der Waals surface area contributed by atoms with Crippen molar-refractivity contribution in [2.75, 3.05) is 7.11 Å². The quantitative estimate of drug-likeness (QED) is 0.857. The van der Waals surface area contributed by atoms with Gasteiger partial charge in [-0.3, -0.25) is 4.98 Å². The van der Waals surface area contributed by atoms with Gasteiger partial charge in [0.05, 0.1) is 12.8 Å². The lowest BCUT2D eigenvalue weighted by Crippen LogP contribution is -2.36. The predicted molar refractivity (Wildman–Crippen MR) is 83.0 cm³/mol. The zero-order valence-corrected chi connectivity index (χ0v) is 13.1. The second-order valence-corrected chi connectivity index (χ2v) is 5.93. The van der Waals surface area contributed by atoms with Crippen molar-refractivity contribution < 1.29 is 4.74 Å². The molecule has 3 heteroatoms. The van der Waals surface area contributed by atoms with Crippen LogP contribution in [0.15, 0.2) is 12.1 Å². The van der Waals surface area contributed by atoms with Gasteiger partial charge in [0.1, 0.15) is 5.75 Å². The van der Waals surface area contributed by atoms with Crippen LogP contribution in [0.1, 0.15) is 56.8 Å². The second-order valence-electron chi connectivity index (χ2n) is 5.93. The lowest BCUT2D eigenvalue weighted by Gasteiger charge is -2.30. The van der Waals surface area contributed by atoms with Crippen LogP contribution in [0.25, 0.3) is 0 Å². The van der Waals surface area contributed by atoms with E-state index in [9.17, 15) is 0 Å². The van der Waals surface area contributed by atoms with Crippen LogP contribution in [-0.4, -0.2) is 18.1 Å². The van der Waals surface area contributed by atoms with Crippen molar-refractivity contribution in [3.63, 3.8) is 0 Å². The Morgan fingerprint density at radius 1 is 1.30 bits per heavy atom. The van der Waals surface area contributed by atoms with Gasteiger partial charge < -0.3 is 10.1 Å². The summed E-state index contributed by atoms with van der Waals surface area (Å²) < 4.78 is 5.32. The molecule has 1 fully saturated rings. The monoisotopic (exact) mass is 276 g/mol. The van der Waals surface area contributed by atoms with Gasteiger partial charge in [-0.05, 0) is 32.1 Å². The number of methoxy groups -OCH3 is 1. The third kappa shape index (κ3) is 4.20. The number of rotatable bonds is 6. The fourth-order valence-electron chi connectivity index (χ4n) is 3.33. The van der Waals surface area contributed by atoms with Crippen molar-refractivity contribution >= 4 is 0 Å². The number of ether oxygens (including phenoxy) is 1. The fourth-order valence-corrected chi connectivity index (χ4v) is 3.33. The molecule has 2 rings (SSSR count). The van der Waals surface area contributed by atoms with Crippen molar-refractivity contribution in [3.05, 3.63) is 23.5 Å². The van der Waals surface area contributed by atoms with Gasteiger partial charge in [0.15, 0.2) is 0 Å². The number of hydrogen-bond donors (Lipinski definition) is 1. The lowest BCUT2D eigenvalue weighted by molar-refractivity contribution is 0.261. The molecule has 1 unspecified atom stereocenters. The summed E-state index contributed by atoms with van der Waals surface area (Å²) >= 11 is 0. The molecule has 1 saturated carbocycles. The highest BCUT2D eigenvalue weighted by molar-refractivity contribution is 5.26. The molecule has 112 valence electrons. The Kier molecular flexibility index (Phi) is 5.84. The number of aromatic nitrogens is 1. The largest absolute Gasteiger partial charge is 0.497 e. The zero-order chi connectivity index (χ0) is 14.4. The Bertz CT molecular complexity index is 413. The Balaban J connectivity index is 1.93. The predicted octanol–water partition coefficient (Wildman–Crippen LogP) is 3.85. The molecule has 1 N–H and O–H groups in total. The molecule has 0 bridgehead atoms. The fraction of sp³-hybridized carbons (Fsp3) is 0.706. The topological polar surface area (TPSA) is 34.1 Å². The first-order chi connectivity index (χ1) is 9.72. The van der Waals surface area contributed by atoms with E-state index in [0.717, 1.165) is 29.6 Å². The average Bonchev–Trinajstić information content (AvgIpc) is 2.48. The summed E-state index contributed by atoms with van der Waals surface area (Å²) in [6, 6.07) is 4.64. The van der Waals surface area contributed by atoms with Crippen LogP contribution in [-0.2, 0) is 6.54 Å². The van der Waals surface area contributed by atoms with E-state index in [1.54, 1.807) is 7.11 Å². The summed E-state index contributed by atoms with van der Waals surface area (Å²) in [5.41, 5.74) is 2.10. The highest BCUT2D eigenvalue weighted by Crippen LogP contribution is 2.28. The van der Waals surface area contributed by atoms with Gasteiger partial charge in [0.25, 0.3) is 0 Å². The summed E-state index contributed by atoms with van der Waals surface area (Å²) in [7, 11) is 1.71. The number of hydrogen-bond acceptors (Lipinski definition) is 3. The highest BCUT2D eigenvalue weighted by Gasteiger charge is 2.21. The van der Waals surface area contributed by atoms with Gasteiger partial charge in [0, 0.05) is 30.4 Å². The summed E-state index contributed by atoms with van der Waals surface area (Å²) in [5, 5.41) is 3.72. The van der Waals surface area contributed by atoms with E-state index in [1.807, 2.05) is 19.1 Å². The first-order valence-electron chi connectivity index (χ1n) is 7.98. The van der Waals surface area contributed by atoms with E-state index >= 15 is 0 Å². The molecule has 0 aromatic carbocycles. The molecule has 1 heterocycles. The van der Waals surface area contributed by atoms with Crippen molar-refractivity contribution in [1.29, 1.82) is 0 Å². The Morgan fingerprint density at radius 2 is 2.05 bits per heavy atom. The van der Waals surface area contributed by atoms with Crippen LogP contribution in [0, 0.1) is 12.8 Å². The number of aryl methyl sites for hydroxylation is 1. The second kappa shape index (κ2) is 7.63. The van der Waals surface area contributed by atoms with Crippen molar-refractivity contribution in [3.8, 4) is 5.75 Å². The van der Waals surface area contributed by atoms with Gasteiger partial charge in [0.2, 0.25) is 0 Å². The maximum absolute atomic E-state index is 5.32. The van der Waals surface area contributed by atoms with Gasteiger partial charge in [-0.1, -0.05) is 26.2 Å². The number of nitrogens with one attached hydrogen (secondary N) is 1. The highest BCUT2D eigenvalue weighted by atomic mass is 16.5. The Morgan fingerprint density at radius 3 is 2.70 bits per heavy atom. The minimum absolute atomic E-state index is 0.628. The third-order valence-electron chi connectivity index (χ3n) is 4.42. The van der Waals surface area contributed by atoms with Gasteiger partial charge in [-0.15, -0.1) is 0 Å². The number of pyridine rings is 1. The standard InChI is InChI=1S/C17H28N2O/c1-4-17(14-8-6-5-7-9-14)18-12-15-11-16(20-3)10-13(2)19-15/h10-11,14,17-18H,4-9,12H2,1-3H3. The Hall–Kier alpha value is -1.09.